The number of allylic oxidation sites excluding steroid dienone is 22. The second-order valence-electron chi connectivity index (χ2n) is 22.3. The molecule has 0 fully saturated rings. The highest BCUT2D eigenvalue weighted by atomic mass is 16.6. The van der Waals surface area contributed by atoms with E-state index in [-0.39, 0.29) is 37.5 Å². The maximum Gasteiger partial charge on any atom is 0.306 e. The molecule has 0 aromatic rings. The van der Waals surface area contributed by atoms with Crippen molar-refractivity contribution < 1.29 is 28.6 Å². The SMILES string of the molecule is CC/C=C\C/C=C\C/C=C\C/C=C\C/C=C\C/C=C\CCCCC(=O)OC(COC(=O)CCCCCCCCCCCCCC)COC(=O)CCCCCCCCCCCCCCCCC/C=C\C/C=C\C/C=C\C/C=C\C/C=C\CC. The molecule has 0 aromatic heterocycles. The molecule has 1 unspecified atom stereocenters. The number of rotatable bonds is 61. The van der Waals surface area contributed by atoms with Crippen LogP contribution in [0.2, 0.25) is 0 Å². The maximum absolute atomic E-state index is 12.9. The fourth-order valence-electron chi connectivity index (χ4n) is 9.36. The highest BCUT2D eigenvalue weighted by Crippen LogP contribution is 2.17. The van der Waals surface area contributed by atoms with Crippen LogP contribution in [0.3, 0.4) is 0 Å². The van der Waals surface area contributed by atoms with E-state index in [0.29, 0.717) is 19.3 Å². The first-order valence-electron chi connectivity index (χ1n) is 34.2. The van der Waals surface area contributed by atoms with E-state index in [4.69, 9.17) is 14.2 Å². The molecule has 0 bridgehead atoms. The van der Waals surface area contributed by atoms with Gasteiger partial charge in [-0.3, -0.25) is 14.4 Å². The molecule has 0 saturated heterocycles. The minimum absolute atomic E-state index is 0.0951. The van der Waals surface area contributed by atoms with E-state index in [2.05, 4.69) is 154 Å². The van der Waals surface area contributed by atoms with Gasteiger partial charge in [0.2, 0.25) is 0 Å². The summed E-state index contributed by atoms with van der Waals surface area (Å²) >= 11 is 0. The maximum atomic E-state index is 12.9. The number of hydrogen-bond donors (Lipinski definition) is 0. The van der Waals surface area contributed by atoms with E-state index in [9.17, 15) is 14.4 Å². The molecule has 0 N–H and O–H groups in total. The van der Waals surface area contributed by atoms with Gasteiger partial charge in [-0.1, -0.05) is 309 Å². The van der Waals surface area contributed by atoms with Crippen LogP contribution in [0.25, 0.3) is 0 Å². The van der Waals surface area contributed by atoms with Crippen LogP contribution in [0.15, 0.2) is 134 Å². The van der Waals surface area contributed by atoms with E-state index < -0.39 is 6.10 Å². The predicted octanol–water partition coefficient (Wildman–Crippen LogP) is 23.7. The average Bonchev–Trinajstić information content (AvgIpc) is 3.47. The molecular formula is C76H126O6. The van der Waals surface area contributed by atoms with Gasteiger partial charge in [-0.25, -0.2) is 0 Å². The molecule has 0 spiro atoms. The van der Waals surface area contributed by atoms with Crippen molar-refractivity contribution in [1.29, 1.82) is 0 Å². The molecule has 0 amide bonds. The fraction of sp³-hybridized carbons (Fsp3) is 0.671. The summed E-state index contributed by atoms with van der Waals surface area (Å²) < 4.78 is 16.9. The molecule has 0 aromatic carbocycles. The quantitative estimate of drug-likeness (QED) is 0.0261. The van der Waals surface area contributed by atoms with Crippen LogP contribution in [0.5, 0.6) is 0 Å². The van der Waals surface area contributed by atoms with Crippen LogP contribution < -0.4 is 0 Å². The lowest BCUT2D eigenvalue weighted by Gasteiger charge is -2.18. The second-order valence-corrected chi connectivity index (χ2v) is 22.3. The van der Waals surface area contributed by atoms with Crippen LogP contribution in [-0.2, 0) is 28.6 Å². The predicted molar refractivity (Wildman–Crippen MR) is 357 cm³/mol. The van der Waals surface area contributed by atoms with Crippen LogP contribution >= 0.6 is 0 Å². The Labute approximate surface area is 506 Å². The summed E-state index contributed by atoms with van der Waals surface area (Å²) in [5.41, 5.74) is 0. The molecule has 466 valence electrons. The molecule has 1 atom stereocenters. The highest BCUT2D eigenvalue weighted by molar-refractivity contribution is 5.71. The molecule has 0 aliphatic rings. The number of esters is 3. The number of hydrogen-bond acceptors (Lipinski definition) is 6. The first-order chi connectivity index (χ1) is 40.5. The van der Waals surface area contributed by atoms with Crippen LogP contribution in [-0.4, -0.2) is 37.2 Å². The third kappa shape index (κ3) is 66.4. The third-order valence-electron chi connectivity index (χ3n) is 14.4. The molecule has 0 aliphatic carbocycles. The largest absolute Gasteiger partial charge is 0.462 e. The van der Waals surface area contributed by atoms with Crippen LogP contribution in [0.1, 0.15) is 310 Å². The number of unbranched alkanes of at least 4 members (excludes halogenated alkanes) is 28. The zero-order chi connectivity index (χ0) is 59.2. The summed E-state index contributed by atoms with van der Waals surface area (Å²) in [6, 6.07) is 0. The smallest absolute Gasteiger partial charge is 0.306 e. The van der Waals surface area contributed by atoms with Gasteiger partial charge in [0, 0.05) is 19.3 Å². The number of ether oxygens (including phenoxy) is 3. The van der Waals surface area contributed by atoms with Gasteiger partial charge < -0.3 is 14.2 Å². The van der Waals surface area contributed by atoms with Gasteiger partial charge in [-0.2, -0.15) is 0 Å². The third-order valence-corrected chi connectivity index (χ3v) is 14.4. The van der Waals surface area contributed by atoms with Gasteiger partial charge in [-0.15, -0.1) is 0 Å². The van der Waals surface area contributed by atoms with Crippen molar-refractivity contribution in [3.05, 3.63) is 134 Å². The summed E-state index contributed by atoms with van der Waals surface area (Å²) in [6.07, 6.45) is 97.6. The molecule has 0 rings (SSSR count). The summed E-state index contributed by atoms with van der Waals surface area (Å²) in [5.74, 6) is -0.932. The summed E-state index contributed by atoms with van der Waals surface area (Å²) in [5, 5.41) is 0. The van der Waals surface area contributed by atoms with Crippen molar-refractivity contribution in [3.8, 4) is 0 Å². The minimum atomic E-state index is -0.804. The monoisotopic (exact) mass is 1130 g/mol. The summed E-state index contributed by atoms with van der Waals surface area (Å²) in [4.78, 5) is 38.3. The molecule has 0 radical (unpaired) electrons. The molecular weight excluding hydrogens is 1010 g/mol. The Kier molecular flexibility index (Phi) is 65.3. The minimum Gasteiger partial charge on any atom is -0.462 e. The van der Waals surface area contributed by atoms with E-state index in [1.165, 1.54) is 141 Å². The number of carbonyl (C=O) groups excluding carboxylic acids is 3. The second kappa shape index (κ2) is 69.0. The van der Waals surface area contributed by atoms with Gasteiger partial charge >= 0.3 is 17.9 Å². The molecule has 6 heteroatoms. The Balaban J connectivity index is 4.29. The summed E-state index contributed by atoms with van der Waals surface area (Å²) in [7, 11) is 0. The Morgan fingerprint density at radius 1 is 0.256 bits per heavy atom. The van der Waals surface area contributed by atoms with Crippen molar-refractivity contribution in [2.75, 3.05) is 13.2 Å². The first kappa shape index (κ1) is 77.5. The zero-order valence-electron chi connectivity index (χ0n) is 53.5. The van der Waals surface area contributed by atoms with Crippen LogP contribution in [0.4, 0.5) is 0 Å². The Bertz CT molecular complexity index is 1730. The molecule has 0 heterocycles. The fourth-order valence-corrected chi connectivity index (χ4v) is 9.36. The van der Waals surface area contributed by atoms with Crippen molar-refractivity contribution in [2.24, 2.45) is 0 Å². The van der Waals surface area contributed by atoms with Crippen molar-refractivity contribution in [3.63, 3.8) is 0 Å². The Morgan fingerprint density at radius 2 is 0.476 bits per heavy atom. The lowest BCUT2D eigenvalue weighted by Crippen LogP contribution is -2.30. The number of carbonyl (C=O) groups is 3. The molecule has 82 heavy (non-hydrogen) atoms. The van der Waals surface area contributed by atoms with Gasteiger partial charge in [0.1, 0.15) is 13.2 Å². The topological polar surface area (TPSA) is 78.9 Å². The lowest BCUT2D eigenvalue weighted by atomic mass is 10.0. The van der Waals surface area contributed by atoms with E-state index in [1.54, 1.807) is 0 Å². The van der Waals surface area contributed by atoms with E-state index in [1.807, 2.05) is 0 Å². The van der Waals surface area contributed by atoms with Gasteiger partial charge in [-0.05, 0) is 116 Å². The molecule has 0 aliphatic heterocycles. The average molecular weight is 1140 g/mol. The van der Waals surface area contributed by atoms with E-state index in [0.717, 1.165) is 122 Å². The van der Waals surface area contributed by atoms with Crippen molar-refractivity contribution in [1.82, 2.24) is 0 Å². The Morgan fingerprint density at radius 3 is 0.768 bits per heavy atom. The van der Waals surface area contributed by atoms with Gasteiger partial charge in [0.25, 0.3) is 0 Å². The van der Waals surface area contributed by atoms with Gasteiger partial charge in [0.05, 0.1) is 0 Å². The van der Waals surface area contributed by atoms with Gasteiger partial charge in [0.15, 0.2) is 6.10 Å². The standard InChI is InChI=1S/C76H126O6/c1-4-7-10-13-16-19-22-25-27-29-31-33-34-35-36-37-38-39-40-41-42-44-45-47-49-51-54-57-60-63-66-69-75(78)81-72-73(71-80-74(77)68-65-62-59-56-53-24-21-18-15-12-9-6-3)82-76(79)70-67-64-61-58-55-52-50-48-46-43-32-30-28-26-23-20-17-14-11-8-5-2/h7-8,10-11,16-17,19-20,25-28,31-33,35-36,43,48,50,55,58,73H,4-6,9,12-15,18,21-24,29-30,34,37-42,44-47,49,51-54,56-57,59-72H2,1-3H3/b10-7-,11-8-,19-16-,20-17-,27-25-,28-26-,33-31-,36-35-,43-32-,50-48-,58-55-. The lowest BCUT2D eigenvalue weighted by molar-refractivity contribution is -0.167. The zero-order valence-corrected chi connectivity index (χ0v) is 53.5. The summed E-state index contributed by atoms with van der Waals surface area (Å²) in [6.45, 7) is 6.39. The highest BCUT2D eigenvalue weighted by Gasteiger charge is 2.19. The normalized spacial score (nSPS) is 13.0. The van der Waals surface area contributed by atoms with Crippen molar-refractivity contribution in [2.45, 2.75) is 316 Å². The molecule has 0 saturated carbocycles. The molecule has 6 nitrogen and oxygen atoms in total. The van der Waals surface area contributed by atoms with Crippen molar-refractivity contribution >= 4 is 17.9 Å². The van der Waals surface area contributed by atoms with E-state index >= 15 is 0 Å². The first-order valence-corrected chi connectivity index (χ1v) is 34.2. The Hall–Kier alpha value is -4.45. The van der Waals surface area contributed by atoms with Crippen LogP contribution in [0, 0.1) is 0 Å².